The molecule has 0 amide bonds. The molecule has 2 saturated carbocycles. The van der Waals surface area contributed by atoms with Gasteiger partial charge >= 0.3 is 0 Å². The summed E-state index contributed by atoms with van der Waals surface area (Å²) >= 11 is 0. The molecule has 0 spiro atoms. The fraction of sp³-hybridized carbons (Fsp3) is 0.842. The number of rotatable bonds is 3. The molecule has 4 bridgehead atoms. The maximum Gasteiger partial charge on any atom is 0.232 e. The van der Waals surface area contributed by atoms with Crippen LogP contribution in [0.1, 0.15) is 25.7 Å². The zero-order valence-corrected chi connectivity index (χ0v) is 16.0. The van der Waals surface area contributed by atoms with Crippen LogP contribution >= 0.6 is 0 Å². The summed E-state index contributed by atoms with van der Waals surface area (Å²) in [5.74, 6) is 2.88. The summed E-state index contributed by atoms with van der Waals surface area (Å²) in [5.41, 5.74) is 0. The molecule has 9 heteroatoms. The standard InChI is InChI=1S/C19H28N6O3/c26-15-7-13-5-11(15)9-24(13)18-20-17(23-1-3-28-4-2-23)21-19(22-18)25-10-12-6-14(25)8-16(12)27/h11-16,26-27H,1-10H2/t11-,12-,13-,14-,15+,16+/m0/s1. The number of aliphatic hydroxyl groups is 2. The third-order valence-corrected chi connectivity index (χ3v) is 7.42. The SMILES string of the molecule is O[C@@H]1C[C@@H]2C[C@H]1CN2c1nc(N2CCOCC2)nc(N2C[C@@H]3C[C@H]2C[C@H]3O)n1. The summed E-state index contributed by atoms with van der Waals surface area (Å²) in [4.78, 5) is 21.3. The van der Waals surface area contributed by atoms with Gasteiger partial charge in [-0.05, 0) is 25.7 Å². The van der Waals surface area contributed by atoms with E-state index in [2.05, 4.69) is 14.7 Å². The second-order valence-electron chi connectivity index (χ2n) is 9.04. The Morgan fingerprint density at radius 1 is 0.714 bits per heavy atom. The van der Waals surface area contributed by atoms with Crippen molar-refractivity contribution in [3.8, 4) is 0 Å². The van der Waals surface area contributed by atoms with Gasteiger partial charge in [0.05, 0.1) is 25.4 Å². The van der Waals surface area contributed by atoms with Crippen LogP contribution in [-0.2, 0) is 4.74 Å². The molecule has 0 unspecified atom stereocenters. The quantitative estimate of drug-likeness (QED) is 0.718. The summed E-state index contributed by atoms with van der Waals surface area (Å²) in [5, 5.41) is 20.3. The largest absolute Gasteiger partial charge is 0.393 e. The first-order chi connectivity index (χ1) is 13.7. The third kappa shape index (κ3) is 2.67. The minimum absolute atomic E-state index is 0.183. The smallest absolute Gasteiger partial charge is 0.232 e. The molecule has 4 heterocycles. The predicted molar refractivity (Wildman–Crippen MR) is 103 cm³/mol. The number of fused-ring (bicyclic) bond motifs is 4. The lowest BCUT2D eigenvalue weighted by molar-refractivity contribution is 0.121. The van der Waals surface area contributed by atoms with Crippen molar-refractivity contribution in [2.75, 3.05) is 54.1 Å². The molecule has 3 saturated heterocycles. The normalized spacial score (nSPS) is 39.4. The Labute approximate surface area is 164 Å². The second kappa shape index (κ2) is 6.40. The molecule has 152 valence electrons. The summed E-state index contributed by atoms with van der Waals surface area (Å²) in [6.45, 7) is 4.61. The monoisotopic (exact) mass is 388 g/mol. The molecular weight excluding hydrogens is 360 g/mol. The van der Waals surface area contributed by atoms with Crippen LogP contribution in [0.25, 0.3) is 0 Å². The Morgan fingerprint density at radius 2 is 1.21 bits per heavy atom. The molecular formula is C19H28N6O3. The van der Waals surface area contributed by atoms with Crippen molar-refractivity contribution in [1.29, 1.82) is 0 Å². The molecule has 1 aromatic rings. The lowest BCUT2D eigenvalue weighted by Crippen LogP contribution is -2.42. The number of morpholine rings is 1. The molecule has 2 N–H and O–H groups in total. The molecule has 5 aliphatic rings. The first kappa shape index (κ1) is 17.2. The van der Waals surface area contributed by atoms with Gasteiger partial charge in [-0.3, -0.25) is 0 Å². The van der Waals surface area contributed by atoms with E-state index >= 15 is 0 Å². The predicted octanol–water partition coefficient (Wildman–Crippen LogP) is -0.373. The van der Waals surface area contributed by atoms with Crippen molar-refractivity contribution in [2.24, 2.45) is 11.8 Å². The van der Waals surface area contributed by atoms with Crippen molar-refractivity contribution in [2.45, 2.75) is 50.0 Å². The maximum absolute atomic E-state index is 10.1. The van der Waals surface area contributed by atoms with Gasteiger partial charge in [0.25, 0.3) is 0 Å². The summed E-state index contributed by atoms with van der Waals surface area (Å²) < 4.78 is 5.50. The van der Waals surface area contributed by atoms with E-state index in [1.807, 2.05) is 0 Å². The second-order valence-corrected chi connectivity index (χ2v) is 9.04. The zero-order chi connectivity index (χ0) is 18.8. The van der Waals surface area contributed by atoms with Gasteiger partial charge in [0.1, 0.15) is 0 Å². The van der Waals surface area contributed by atoms with Crippen LogP contribution in [0.5, 0.6) is 0 Å². The Balaban J connectivity index is 1.34. The number of nitrogens with zero attached hydrogens (tertiary/aromatic N) is 6. The van der Waals surface area contributed by atoms with Gasteiger partial charge in [-0.2, -0.15) is 15.0 Å². The molecule has 0 radical (unpaired) electrons. The van der Waals surface area contributed by atoms with E-state index in [0.717, 1.165) is 69.7 Å². The van der Waals surface area contributed by atoms with Crippen LogP contribution in [0.4, 0.5) is 17.8 Å². The van der Waals surface area contributed by atoms with Crippen molar-refractivity contribution in [3.63, 3.8) is 0 Å². The summed E-state index contributed by atoms with van der Waals surface area (Å²) in [7, 11) is 0. The third-order valence-electron chi connectivity index (χ3n) is 7.42. The molecule has 6 rings (SSSR count). The van der Waals surface area contributed by atoms with E-state index in [4.69, 9.17) is 19.7 Å². The number of anilines is 3. The summed E-state index contributed by atoms with van der Waals surface area (Å²) in [6, 6.07) is 0.647. The van der Waals surface area contributed by atoms with Crippen molar-refractivity contribution in [3.05, 3.63) is 0 Å². The first-order valence-electron chi connectivity index (χ1n) is 10.6. The average molecular weight is 388 g/mol. The van der Waals surface area contributed by atoms with Crippen molar-refractivity contribution in [1.82, 2.24) is 15.0 Å². The first-order valence-corrected chi connectivity index (χ1v) is 10.6. The maximum atomic E-state index is 10.1. The Hall–Kier alpha value is -1.71. The Bertz CT molecular complexity index is 705. The minimum atomic E-state index is -0.183. The molecule has 3 aliphatic heterocycles. The molecule has 28 heavy (non-hydrogen) atoms. The fourth-order valence-corrected chi connectivity index (χ4v) is 5.85. The van der Waals surface area contributed by atoms with Gasteiger partial charge in [-0.25, -0.2) is 0 Å². The van der Waals surface area contributed by atoms with Crippen LogP contribution < -0.4 is 14.7 Å². The highest BCUT2D eigenvalue weighted by Crippen LogP contribution is 2.42. The van der Waals surface area contributed by atoms with E-state index in [0.29, 0.717) is 37.1 Å². The van der Waals surface area contributed by atoms with Crippen LogP contribution in [-0.4, -0.2) is 88.8 Å². The van der Waals surface area contributed by atoms with Crippen LogP contribution in [0.2, 0.25) is 0 Å². The molecule has 5 fully saturated rings. The van der Waals surface area contributed by atoms with Crippen LogP contribution in [0.3, 0.4) is 0 Å². The van der Waals surface area contributed by atoms with E-state index < -0.39 is 0 Å². The van der Waals surface area contributed by atoms with Crippen molar-refractivity contribution >= 4 is 17.8 Å². The number of aliphatic hydroxyl groups excluding tert-OH is 2. The van der Waals surface area contributed by atoms with E-state index in [1.165, 1.54) is 0 Å². The van der Waals surface area contributed by atoms with Gasteiger partial charge in [-0.1, -0.05) is 0 Å². The Morgan fingerprint density at radius 3 is 1.64 bits per heavy atom. The van der Waals surface area contributed by atoms with Gasteiger partial charge in [-0.15, -0.1) is 0 Å². The minimum Gasteiger partial charge on any atom is -0.393 e. The lowest BCUT2D eigenvalue weighted by atomic mass is 10.1. The number of hydrogen-bond acceptors (Lipinski definition) is 9. The highest BCUT2D eigenvalue weighted by molar-refractivity contribution is 5.50. The van der Waals surface area contributed by atoms with E-state index in [9.17, 15) is 10.2 Å². The highest BCUT2D eigenvalue weighted by Gasteiger charge is 2.47. The number of ether oxygens (including phenoxy) is 1. The molecule has 9 nitrogen and oxygen atoms in total. The Kier molecular flexibility index (Phi) is 3.92. The van der Waals surface area contributed by atoms with Gasteiger partial charge in [0.2, 0.25) is 17.8 Å². The topological polar surface area (TPSA) is 98.1 Å². The van der Waals surface area contributed by atoms with E-state index in [1.54, 1.807) is 0 Å². The lowest BCUT2D eigenvalue weighted by Gasteiger charge is -2.34. The average Bonchev–Trinajstić information content (AvgIpc) is 3.48. The van der Waals surface area contributed by atoms with Gasteiger partial charge in [0, 0.05) is 50.1 Å². The number of hydrogen-bond donors (Lipinski definition) is 2. The molecule has 0 aromatic carbocycles. The fourth-order valence-electron chi connectivity index (χ4n) is 5.85. The number of piperidine rings is 2. The van der Waals surface area contributed by atoms with Gasteiger partial charge < -0.3 is 29.6 Å². The van der Waals surface area contributed by atoms with Crippen molar-refractivity contribution < 1.29 is 14.9 Å². The highest BCUT2D eigenvalue weighted by atomic mass is 16.5. The van der Waals surface area contributed by atoms with Crippen LogP contribution in [0, 0.1) is 11.8 Å². The molecule has 2 aliphatic carbocycles. The van der Waals surface area contributed by atoms with Gasteiger partial charge in [0.15, 0.2) is 0 Å². The zero-order valence-electron chi connectivity index (χ0n) is 16.0. The van der Waals surface area contributed by atoms with Crippen LogP contribution in [0.15, 0.2) is 0 Å². The molecule has 1 aromatic heterocycles. The number of aromatic nitrogens is 3. The summed E-state index contributed by atoms with van der Waals surface area (Å²) in [6.07, 6.45) is 3.29. The molecule has 6 atom stereocenters. The van der Waals surface area contributed by atoms with E-state index in [-0.39, 0.29) is 12.2 Å².